The van der Waals surface area contributed by atoms with Crippen molar-refractivity contribution >= 4 is 44.8 Å². The Kier molecular flexibility index (Phi) is 10.0. The molecule has 0 saturated heterocycles. The number of benzene rings is 3. The summed E-state index contributed by atoms with van der Waals surface area (Å²) in [5.41, 5.74) is 0.238. The predicted molar refractivity (Wildman–Crippen MR) is 149 cm³/mol. The molecule has 1 atom stereocenters. The number of hydrogen-bond acceptors (Lipinski definition) is 6. The van der Waals surface area contributed by atoms with Crippen LogP contribution in [0.5, 0.6) is 0 Å². The van der Waals surface area contributed by atoms with E-state index in [9.17, 15) is 28.1 Å². The van der Waals surface area contributed by atoms with E-state index in [0.717, 1.165) is 10.4 Å². The van der Waals surface area contributed by atoms with Gasteiger partial charge in [0.1, 0.15) is 12.6 Å². The molecule has 0 heterocycles. The number of anilines is 1. The van der Waals surface area contributed by atoms with Gasteiger partial charge in [-0.1, -0.05) is 54.9 Å². The summed E-state index contributed by atoms with van der Waals surface area (Å²) < 4.78 is 28.2. The van der Waals surface area contributed by atoms with Gasteiger partial charge >= 0.3 is 0 Å². The average molecular weight is 573 g/mol. The molecule has 0 aromatic heterocycles. The lowest BCUT2D eigenvalue weighted by atomic mass is 10.1. The monoisotopic (exact) mass is 572 g/mol. The lowest BCUT2D eigenvalue weighted by Gasteiger charge is -2.32. The number of amides is 2. The normalized spacial score (nSPS) is 11.9. The first kappa shape index (κ1) is 29.6. The van der Waals surface area contributed by atoms with Crippen molar-refractivity contribution in [3.8, 4) is 0 Å². The van der Waals surface area contributed by atoms with E-state index in [1.54, 1.807) is 37.3 Å². The molecule has 0 aliphatic carbocycles. The summed E-state index contributed by atoms with van der Waals surface area (Å²) in [5, 5.41) is 14.6. The molecular formula is C27H29ClN4O6S. The van der Waals surface area contributed by atoms with Crippen molar-refractivity contribution in [3.05, 3.63) is 99.6 Å². The summed E-state index contributed by atoms with van der Waals surface area (Å²) in [5.74, 6) is -1.08. The first-order valence-electron chi connectivity index (χ1n) is 12.2. The number of sulfonamides is 1. The molecule has 0 unspecified atom stereocenters. The fraction of sp³-hybridized carbons (Fsp3) is 0.259. The Morgan fingerprint density at radius 1 is 1.03 bits per heavy atom. The Bertz CT molecular complexity index is 1430. The number of nitrogens with zero attached hydrogens (tertiary/aromatic N) is 3. The smallest absolute Gasteiger partial charge is 0.271 e. The largest absolute Gasteiger partial charge is 0.354 e. The molecule has 206 valence electrons. The van der Waals surface area contributed by atoms with Crippen molar-refractivity contribution in [1.82, 2.24) is 10.2 Å². The van der Waals surface area contributed by atoms with Gasteiger partial charge in [-0.2, -0.15) is 0 Å². The summed E-state index contributed by atoms with van der Waals surface area (Å²) in [6.45, 7) is 3.13. The molecule has 10 nitrogen and oxygen atoms in total. The van der Waals surface area contributed by atoms with Crippen LogP contribution < -0.4 is 9.62 Å². The standard InChI is InChI=1S/C27H29ClN4O6S/c1-3-15-29-27(34)20(2)30(18-21-9-7-10-22(28)16-21)26(33)19-31(23-11-8-12-24(17-23)32(35)36)39(37,38)25-13-5-4-6-14-25/h4-14,16-17,20H,3,15,18-19H2,1-2H3,(H,29,34)/t20-/m0/s1. The van der Waals surface area contributed by atoms with Gasteiger partial charge < -0.3 is 10.2 Å². The predicted octanol–water partition coefficient (Wildman–Crippen LogP) is 4.39. The highest BCUT2D eigenvalue weighted by Gasteiger charge is 2.33. The number of hydrogen-bond donors (Lipinski definition) is 1. The molecule has 0 bridgehead atoms. The Labute approximate surface area is 232 Å². The van der Waals surface area contributed by atoms with Gasteiger partial charge in [-0.05, 0) is 49.2 Å². The quantitative estimate of drug-likeness (QED) is 0.253. The second-order valence-electron chi connectivity index (χ2n) is 8.72. The molecule has 3 rings (SSSR count). The van der Waals surface area contributed by atoms with Gasteiger partial charge in [0.05, 0.1) is 15.5 Å². The highest BCUT2D eigenvalue weighted by molar-refractivity contribution is 7.92. The average Bonchev–Trinajstić information content (AvgIpc) is 2.93. The van der Waals surface area contributed by atoms with Gasteiger partial charge in [-0.15, -0.1) is 0 Å². The first-order valence-corrected chi connectivity index (χ1v) is 14.0. The second-order valence-corrected chi connectivity index (χ2v) is 11.0. The lowest BCUT2D eigenvalue weighted by Crippen LogP contribution is -2.51. The zero-order valence-electron chi connectivity index (χ0n) is 21.5. The Hall–Kier alpha value is -3.96. The maximum Gasteiger partial charge on any atom is 0.271 e. The Balaban J connectivity index is 2.05. The van der Waals surface area contributed by atoms with E-state index in [1.165, 1.54) is 47.4 Å². The van der Waals surface area contributed by atoms with Crippen LogP contribution in [0.1, 0.15) is 25.8 Å². The van der Waals surface area contributed by atoms with E-state index in [-0.39, 0.29) is 22.8 Å². The Morgan fingerprint density at radius 2 is 1.72 bits per heavy atom. The van der Waals surface area contributed by atoms with Gasteiger partial charge in [-0.25, -0.2) is 8.42 Å². The van der Waals surface area contributed by atoms with E-state index in [1.807, 2.05) is 6.92 Å². The number of nitrogens with one attached hydrogen (secondary N) is 1. The summed E-state index contributed by atoms with van der Waals surface area (Å²) in [4.78, 5) is 38.6. The number of carbonyl (C=O) groups excluding carboxylic acids is 2. The third kappa shape index (κ3) is 7.55. The van der Waals surface area contributed by atoms with Crippen LogP contribution in [-0.2, 0) is 26.2 Å². The van der Waals surface area contributed by atoms with Gasteiger partial charge in [0.2, 0.25) is 11.8 Å². The van der Waals surface area contributed by atoms with E-state index >= 15 is 0 Å². The van der Waals surface area contributed by atoms with E-state index in [2.05, 4.69) is 5.32 Å². The third-order valence-corrected chi connectivity index (χ3v) is 7.92. The Morgan fingerprint density at radius 3 is 2.36 bits per heavy atom. The van der Waals surface area contributed by atoms with Crippen LogP contribution in [0.4, 0.5) is 11.4 Å². The number of non-ortho nitro benzene ring substituents is 1. The topological polar surface area (TPSA) is 130 Å². The molecule has 12 heteroatoms. The first-order chi connectivity index (χ1) is 18.5. The highest BCUT2D eigenvalue weighted by atomic mass is 35.5. The molecule has 2 amide bonds. The SMILES string of the molecule is CCCNC(=O)[C@H](C)N(Cc1cccc(Cl)c1)C(=O)CN(c1cccc([N+](=O)[O-])c1)S(=O)(=O)c1ccccc1. The van der Waals surface area contributed by atoms with Crippen LogP contribution in [0.2, 0.25) is 5.02 Å². The van der Waals surface area contributed by atoms with Gasteiger partial charge in [-0.3, -0.25) is 24.0 Å². The van der Waals surface area contributed by atoms with Crippen LogP contribution in [0, 0.1) is 10.1 Å². The minimum atomic E-state index is -4.32. The number of halogens is 1. The zero-order valence-corrected chi connectivity index (χ0v) is 23.1. The molecule has 0 radical (unpaired) electrons. The van der Waals surface area contributed by atoms with Crippen LogP contribution in [-0.4, -0.2) is 49.2 Å². The fourth-order valence-electron chi connectivity index (χ4n) is 3.82. The second kappa shape index (κ2) is 13.2. The van der Waals surface area contributed by atoms with E-state index in [4.69, 9.17) is 11.6 Å². The number of nitro groups is 1. The van der Waals surface area contributed by atoms with Crippen molar-refractivity contribution in [2.75, 3.05) is 17.4 Å². The summed E-state index contributed by atoms with van der Waals surface area (Å²) in [6, 6.07) is 18.3. The molecule has 3 aromatic rings. The molecule has 0 saturated carbocycles. The third-order valence-electron chi connectivity index (χ3n) is 5.90. The zero-order chi connectivity index (χ0) is 28.6. The summed E-state index contributed by atoms with van der Waals surface area (Å²) in [7, 11) is -4.32. The van der Waals surface area contributed by atoms with Crippen LogP contribution in [0.3, 0.4) is 0 Å². The number of rotatable bonds is 12. The maximum absolute atomic E-state index is 13.8. The summed E-state index contributed by atoms with van der Waals surface area (Å²) in [6.07, 6.45) is 0.691. The molecule has 39 heavy (non-hydrogen) atoms. The van der Waals surface area contributed by atoms with E-state index in [0.29, 0.717) is 23.6 Å². The van der Waals surface area contributed by atoms with E-state index < -0.39 is 39.3 Å². The molecule has 0 spiro atoms. The summed E-state index contributed by atoms with van der Waals surface area (Å²) >= 11 is 6.13. The number of carbonyl (C=O) groups is 2. The maximum atomic E-state index is 13.8. The van der Waals surface area contributed by atoms with Crippen molar-refractivity contribution in [2.24, 2.45) is 0 Å². The van der Waals surface area contributed by atoms with Gasteiger partial charge in [0, 0.05) is 30.2 Å². The van der Waals surface area contributed by atoms with Gasteiger partial charge in [0.15, 0.2) is 0 Å². The van der Waals surface area contributed by atoms with Crippen molar-refractivity contribution in [3.63, 3.8) is 0 Å². The fourth-order valence-corrected chi connectivity index (χ4v) is 5.46. The lowest BCUT2D eigenvalue weighted by molar-refractivity contribution is -0.384. The number of nitro benzene ring substituents is 1. The molecule has 0 aliphatic rings. The molecule has 0 fully saturated rings. The van der Waals surface area contributed by atoms with Crippen molar-refractivity contribution in [1.29, 1.82) is 0 Å². The van der Waals surface area contributed by atoms with Crippen LogP contribution in [0.15, 0.2) is 83.8 Å². The molecular weight excluding hydrogens is 544 g/mol. The van der Waals surface area contributed by atoms with Crippen LogP contribution in [0.25, 0.3) is 0 Å². The minimum absolute atomic E-state index is 0.0196. The minimum Gasteiger partial charge on any atom is -0.354 e. The molecule has 0 aliphatic heterocycles. The molecule has 1 N–H and O–H groups in total. The highest BCUT2D eigenvalue weighted by Crippen LogP contribution is 2.27. The molecule has 3 aromatic carbocycles. The van der Waals surface area contributed by atoms with Gasteiger partial charge in [0.25, 0.3) is 15.7 Å². The van der Waals surface area contributed by atoms with Crippen LogP contribution >= 0.6 is 11.6 Å². The van der Waals surface area contributed by atoms with Crippen molar-refractivity contribution in [2.45, 2.75) is 37.8 Å². The van der Waals surface area contributed by atoms with Crippen molar-refractivity contribution < 1.29 is 22.9 Å².